The number of nitrogens with one attached hydrogen (secondary N) is 1. The molecule has 0 unspecified atom stereocenters. The number of ketones is 1. The summed E-state index contributed by atoms with van der Waals surface area (Å²) in [7, 11) is 4.52. The second-order valence-corrected chi connectivity index (χ2v) is 5.33. The van der Waals surface area contributed by atoms with E-state index in [0.717, 1.165) is 0 Å². The van der Waals surface area contributed by atoms with Crippen LogP contribution in [0.25, 0.3) is 0 Å². The van der Waals surface area contributed by atoms with E-state index in [9.17, 15) is 9.59 Å². The molecule has 0 aliphatic heterocycles. The van der Waals surface area contributed by atoms with Crippen LogP contribution in [0.15, 0.2) is 36.4 Å². The van der Waals surface area contributed by atoms with Crippen LogP contribution in [0.1, 0.15) is 17.3 Å². The molecule has 0 aliphatic carbocycles. The normalized spacial score (nSPS) is 10.0. The van der Waals surface area contributed by atoms with E-state index < -0.39 is 0 Å². The minimum absolute atomic E-state index is 0.0824. The predicted molar refractivity (Wildman–Crippen MR) is 96.7 cm³/mol. The maximum atomic E-state index is 12.1. The second-order valence-electron chi connectivity index (χ2n) is 5.33. The summed E-state index contributed by atoms with van der Waals surface area (Å²) in [6, 6.07) is 9.83. The quantitative estimate of drug-likeness (QED) is 0.730. The van der Waals surface area contributed by atoms with Crippen LogP contribution in [-0.4, -0.2) is 39.6 Å². The van der Waals surface area contributed by atoms with Crippen LogP contribution in [0.5, 0.6) is 23.0 Å². The number of Topliss-reactive ketones (excluding diaryl/α,β-unsaturated/α-hetero) is 1. The Hall–Kier alpha value is -3.22. The second kappa shape index (κ2) is 8.75. The first kappa shape index (κ1) is 19.1. The van der Waals surface area contributed by atoms with E-state index in [4.69, 9.17) is 18.9 Å². The third-order valence-electron chi connectivity index (χ3n) is 3.60. The maximum Gasteiger partial charge on any atom is 0.262 e. The summed E-state index contributed by atoms with van der Waals surface area (Å²) < 4.78 is 21.0. The molecule has 0 aliphatic rings. The average molecular weight is 359 g/mol. The Morgan fingerprint density at radius 3 is 2.08 bits per heavy atom. The van der Waals surface area contributed by atoms with Gasteiger partial charge in [-0.15, -0.1) is 0 Å². The molecule has 0 radical (unpaired) electrons. The fourth-order valence-corrected chi connectivity index (χ4v) is 2.26. The minimum atomic E-state index is -0.352. The van der Waals surface area contributed by atoms with Crippen LogP contribution in [-0.2, 0) is 4.79 Å². The van der Waals surface area contributed by atoms with Gasteiger partial charge in [0.1, 0.15) is 0 Å². The molecule has 0 spiro atoms. The number of hydrogen-bond donors (Lipinski definition) is 1. The van der Waals surface area contributed by atoms with Crippen LogP contribution in [0.3, 0.4) is 0 Å². The van der Waals surface area contributed by atoms with E-state index in [1.807, 2.05) is 0 Å². The third-order valence-corrected chi connectivity index (χ3v) is 3.60. The lowest BCUT2D eigenvalue weighted by Gasteiger charge is -2.13. The van der Waals surface area contributed by atoms with Gasteiger partial charge in [-0.25, -0.2) is 0 Å². The fourth-order valence-electron chi connectivity index (χ4n) is 2.26. The standard InChI is InChI=1S/C19H21NO6/c1-12(21)13-5-7-16(17(9-13)24-3)26-11-19(22)20-14-6-8-15(23-2)18(10-14)25-4/h5-10H,11H2,1-4H3,(H,20,22). The van der Waals surface area contributed by atoms with Gasteiger partial charge in [0.25, 0.3) is 5.91 Å². The van der Waals surface area contributed by atoms with Crippen molar-refractivity contribution in [3.05, 3.63) is 42.0 Å². The van der Waals surface area contributed by atoms with Crippen molar-refractivity contribution >= 4 is 17.4 Å². The van der Waals surface area contributed by atoms with E-state index in [1.54, 1.807) is 36.4 Å². The zero-order valence-electron chi connectivity index (χ0n) is 15.1. The first-order valence-corrected chi connectivity index (χ1v) is 7.82. The van der Waals surface area contributed by atoms with Gasteiger partial charge in [-0.1, -0.05) is 0 Å². The van der Waals surface area contributed by atoms with E-state index in [2.05, 4.69) is 5.32 Å². The third kappa shape index (κ3) is 4.66. The highest BCUT2D eigenvalue weighted by Gasteiger charge is 2.12. The van der Waals surface area contributed by atoms with Crippen LogP contribution in [0.2, 0.25) is 0 Å². The van der Waals surface area contributed by atoms with Gasteiger partial charge < -0.3 is 24.3 Å². The first-order valence-electron chi connectivity index (χ1n) is 7.82. The number of benzene rings is 2. The molecular weight excluding hydrogens is 338 g/mol. The highest BCUT2D eigenvalue weighted by atomic mass is 16.5. The minimum Gasteiger partial charge on any atom is -0.493 e. The molecule has 1 N–H and O–H groups in total. The summed E-state index contributed by atoms with van der Waals surface area (Å²) in [5.41, 5.74) is 1.05. The van der Waals surface area contributed by atoms with Gasteiger partial charge in [-0.05, 0) is 37.3 Å². The molecule has 0 saturated heterocycles. The number of ether oxygens (including phenoxy) is 4. The molecule has 2 aromatic rings. The number of amides is 1. The summed E-state index contributed by atoms with van der Waals surface area (Å²) in [5.74, 6) is 1.40. The van der Waals surface area contributed by atoms with Crippen molar-refractivity contribution in [2.45, 2.75) is 6.92 Å². The van der Waals surface area contributed by atoms with Crippen molar-refractivity contribution in [2.75, 3.05) is 33.3 Å². The van der Waals surface area contributed by atoms with Crippen molar-refractivity contribution in [3.8, 4) is 23.0 Å². The van der Waals surface area contributed by atoms with Gasteiger partial charge in [-0.2, -0.15) is 0 Å². The molecule has 138 valence electrons. The Kier molecular flexibility index (Phi) is 6.43. The lowest BCUT2D eigenvalue weighted by Crippen LogP contribution is -2.20. The van der Waals surface area contributed by atoms with E-state index in [0.29, 0.717) is 34.2 Å². The molecule has 0 fully saturated rings. The van der Waals surface area contributed by atoms with Crippen molar-refractivity contribution in [1.29, 1.82) is 0 Å². The summed E-state index contributed by atoms with van der Waals surface area (Å²) >= 11 is 0. The number of methoxy groups -OCH3 is 3. The van der Waals surface area contributed by atoms with Crippen LogP contribution >= 0.6 is 0 Å². The van der Waals surface area contributed by atoms with Gasteiger partial charge >= 0.3 is 0 Å². The lowest BCUT2D eigenvalue weighted by atomic mass is 10.1. The Labute approximate surface area is 151 Å². The molecule has 7 nitrogen and oxygen atoms in total. The fraction of sp³-hybridized carbons (Fsp3) is 0.263. The number of anilines is 1. The monoisotopic (exact) mass is 359 g/mol. The molecule has 2 rings (SSSR count). The van der Waals surface area contributed by atoms with E-state index in [-0.39, 0.29) is 18.3 Å². The molecule has 26 heavy (non-hydrogen) atoms. The predicted octanol–water partition coefficient (Wildman–Crippen LogP) is 2.93. The Morgan fingerprint density at radius 2 is 1.46 bits per heavy atom. The topological polar surface area (TPSA) is 83.1 Å². The molecule has 0 atom stereocenters. The molecule has 0 saturated carbocycles. The SMILES string of the molecule is COc1ccc(NC(=O)COc2ccc(C(C)=O)cc2OC)cc1OC. The molecule has 0 aromatic heterocycles. The first-order chi connectivity index (χ1) is 12.5. The Morgan fingerprint density at radius 1 is 0.846 bits per heavy atom. The molecular formula is C19H21NO6. The van der Waals surface area contributed by atoms with Gasteiger partial charge in [0.2, 0.25) is 0 Å². The molecule has 1 amide bonds. The largest absolute Gasteiger partial charge is 0.493 e. The van der Waals surface area contributed by atoms with Crippen LogP contribution in [0, 0.1) is 0 Å². The summed E-state index contributed by atoms with van der Waals surface area (Å²) in [5, 5.41) is 2.71. The highest BCUT2D eigenvalue weighted by molar-refractivity contribution is 5.95. The zero-order valence-corrected chi connectivity index (χ0v) is 15.1. The molecule has 2 aromatic carbocycles. The van der Waals surface area contributed by atoms with Crippen molar-refractivity contribution in [3.63, 3.8) is 0 Å². The maximum absolute atomic E-state index is 12.1. The van der Waals surface area contributed by atoms with Crippen LogP contribution in [0.4, 0.5) is 5.69 Å². The van der Waals surface area contributed by atoms with Crippen molar-refractivity contribution < 1.29 is 28.5 Å². The van der Waals surface area contributed by atoms with Gasteiger partial charge in [0.05, 0.1) is 21.3 Å². The molecule has 7 heteroatoms. The number of hydrogen-bond acceptors (Lipinski definition) is 6. The smallest absolute Gasteiger partial charge is 0.262 e. The number of carbonyl (C=O) groups is 2. The number of carbonyl (C=O) groups excluding carboxylic acids is 2. The highest BCUT2D eigenvalue weighted by Crippen LogP contribution is 2.30. The van der Waals surface area contributed by atoms with Gasteiger partial charge in [-0.3, -0.25) is 9.59 Å². The summed E-state index contributed by atoms with van der Waals surface area (Å²) in [6.45, 7) is 1.25. The van der Waals surface area contributed by atoms with Crippen LogP contribution < -0.4 is 24.3 Å². The zero-order chi connectivity index (χ0) is 19.1. The van der Waals surface area contributed by atoms with Crippen molar-refractivity contribution in [1.82, 2.24) is 0 Å². The lowest BCUT2D eigenvalue weighted by molar-refractivity contribution is -0.118. The molecule has 0 bridgehead atoms. The average Bonchev–Trinajstić information content (AvgIpc) is 2.65. The number of rotatable bonds is 8. The van der Waals surface area contributed by atoms with Gasteiger partial charge in [0.15, 0.2) is 35.4 Å². The summed E-state index contributed by atoms with van der Waals surface area (Å²) in [6.07, 6.45) is 0. The molecule has 0 heterocycles. The Bertz CT molecular complexity index is 803. The van der Waals surface area contributed by atoms with E-state index >= 15 is 0 Å². The van der Waals surface area contributed by atoms with Gasteiger partial charge in [0, 0.05) is 17.3 Å². The van der Waals surface area contributed by atoms with E-state index in [1.165, 1.54) is 28.3 Å². The Balaban J connectivity index is 2.02. The summed E-state index contributed by atoms with van der Waals surface area (Å²) in [4.78, 5) is 23.5. The van der Waals surface area contributed by atoms with Crippen molar-refractivity contribution in [2.24, 2.45) is 0 Å².